The lowest BCUT2D eigenvalue weighted by molar-refractivity contribution is -0.136. The van der Waals surface area contributed by atoms with Gasteiger partial charge in [-0.05, 0) is 114 Å². The number of piperidine rings is 3. The molecule has 2 aromatic rings. The molecule has 3 amide bonds. The molecule has 11 nitrogen and oxygen atoms in total. The van der Waals surface area contributed by atoms with E-state index in [1.807, 2.05) is 0 Å². The average Bonchev–Trinajstić information content (AvgIpc) is 3.43. The van der Waals surface area contributed by atoms with Gasteiger partial charge in [-0.1, -0.05) is 0 Å². The van der Waals surface area contributed by atoms with Crippen LogP contribution in [-0.2, 0) is 20.9 Å². The van der Waals surface area contributed by atoms with Crippen molar-refractivity contribution in [3.8, 4) is 0 Å². The zero-order valence-electron chi connectivity index (χ0n) is 31.2. The van der Waals surface area contributed by atoms with E-state index < -0.39 is 29.3 Å². The minimum Gasteiger partial charge on any atom is -0.456 e. The molecule has 5 aliphatic rings. The maximum absolute atomic E-state index is 15.4. The van der Waals surface area contributed by atoms with Crippen LogP contribution in [0.5, 0.6) is 0 Å². The van der Waals surface area contributed by atoms with Gasteiger partial charge in [0.15, 0.2) is 0 Å². The number of piperazine rings is 1. The van der Waals surface area contributed by atoms with Gasteiger partial charge in [0.2, 0.25) is 11.8 Å². The molecule has 0 unspecified atom stereocenters. The van der Waals surface area contributed by atoms with Crippen LogP contribution in [0.4, 0.5) is 20.2 Å². The van der Waals surface area contributed by atoms with E-state index in [4.69, 9.17) is 4.74 Å². The van der Waals surface area contributed by atoms with Crippen molar-refractivity contribution in [2.75, 3.05) is 75.2 Å². The second-order valence-electron chi connectivity index (χ2n) is 16.5. The van der Waals surface area contributed by atoms with Gasteiger partial charge in [0.25, 0.3) is 5.91 Å². The van der Waals surface area contributed by atoms with Crippen LogP contribution < -0.4 is 15.1 Å². The highest BCUT2D eigenvalue weighted by Gasteiger charge is 2.40. The molecule has 0 radical (unpaired) electrons. The summed E-state index contributed by atoms with van der Waals surface area (Å²) in [6, 6.07) is 7.02. The Morgan fingerprint density at radius 2 is 1.38 bits per heavy atom. The molecule has 0 spiro atoms. The molecule has 5 heterocycles. The number of halogens is 2. The largest absolute Gasteiger partial charge is 0.456 e. The second-order valence-corrected chi connectivity index (χ2v) is 16.5. The Balaban J connectivity index is 0.825. The number of carbonyl (C=O) groups excluding carboxylic acids is 4. The van der Waals surface area contributed by atoms with Crippen LogP contribution >= 0.6 is 0 Å². The normalized spacial score (nSPS) is 22.7. The van der Waals surface area contributed by atoms with Crippen molar-refractivity contribution in [3.63, 3.8) is 0 Å². The molecule has 2 aromatic carbocycles. The lowest BCUT2D eigenvalue weighted by Gasteiger charge is -2.41. The summed E-state index contributed by atoms with van der Waals surface area (Å²) in [6.07, 6.45) is 4.80. The van der Waals surface area contributed by atoms with Crippen LogP contribution in [0.2, 0.25) is 0 Å². The minimum atomic E-state index is -0.718. The number of rotatable bonds is 8. The van der Waals surface area contributed by atoms with Gasteiger partial charge in [-0.15, -0.1) is 0 Å². The minimum absolute atomic E-state index is 0.182. The first kappa shape index (κ1) is 37.2. The molecule has 4 saturated heterocycles. The third-order valence-corrected chi connectivity index (χ3v) is 11.6. The number of nitrogens with one attached hydrogen (secondary N) is 1. The van der Waals surface area contributed by atoms with Crippen LogP contribution in [0, 0.1) is 23.5 Å². The number of hydrogen-bond acceptors (Lipinski definition) is 9. The first-order valence-corrected chi connectivity index (χ1v) is 19.3. The first-order chi connectivity index (χ1) is 25.3. The van der Waals surface area contributed by atoms with E-state index in [-0.39, 0.29) is 42.6 Å². The Morgan fingerprint density at radius 3 is 2.00 bits per heavy atom. The number of ether oxygens (including phenoxy) is 1. The van der Waals surface area contributed by atoms with Crippen molar-refractivity contribution < 1.29 is 32.7 Å². The summed E-state index contributed by atoms with van der Waals surface area (Å²) in [6.45, 7) is 14.6. The molecule has 0 aromatic heterocycles. The van der Waals surface area contributed by atoms with Crippen LogP contribution in [0.25, 0.3) is 0 Å². The number of anilines is 2. The number of esters is 1. The molecule has 7 rings (SSSR count). The smallest absolute Gasteiger partial charge is 0.338 e. The van der Waals surface area contributed by atoms with Crippen molar-refractivity contribution in [2.45, 2.75) is 77.5 Å². The number of hydrogen-bond donors (Lipinski definition) is 1. The molecule has 1 N–H and O–H groups in total. The monoisotopic (exact) mass is 734 g/mol. The number of fused-ring (bicyclic) bond motifs is 1. The predicted molar refractivity (Wildman–Crippen MR) is 197 cm³/mol. The van der Waals surface area contributed by atoms with E-state index in [1.54, 1.807) is 39.0 Å². The van der Waals surface area contributed by atoms with Crippen molar-refractivity contribution in [1.82, 2.24) is 20.0 Å². The number of amides is 3. The highest BCUT2D eigenvalue weighted by molar-refractivity contribution is 6.05. The topological polar surface area (TPSA) is 106 Å². The molecule has 5 aliphatic heterocycles. The second kappa shape index (κ2) is 15.3. The van der Waals surface area contributed by atoms with E-state index in [1.165, 1.54) is 17.0 Å². The number of carbonyl (C=O) groups is 4. The fourth-order valence-corrected chi connectivity index (χ4v) is 8.66. The van der Waals surface area contributed by atoms with Crippen LogP contribution in [0.3, 0.4) is 0 Å². The van der Waals surface area contributed by atoms with Gasteiger partial charge in [0, 0.05) is 70.9 Å². The summed E-state index contributed by atoms with van der Waals surface area (Å²) >= 11 is 0. The fraction of sp³-hybridized carbons (Fsp3) is 0.600. The van der Waals surface area contributed by atoms with Crippen molar-refractivity contribution in [3.05, 3.63) is 58.7 Å². The highest BCUT2D eigenvalue weighted by Crippen LogP contribution is 2.34. The third-order valence-electron chi connectivity index (χ3n) is 11.6. The fourth-order valence-electron chi connectivity index (χ4n) is 8.66. The molecular formula is C40H52F2N6O5. The molecule has 0 aliphatic carbocycles. The van der Waals surface area contributed by atoms with Crippen molar-refractivity contribution in [1.29, 1.82) is 0 Å². The van der Waals surface area contributed by atoms with E-state index in [9.17, 15) is 19.2 Å². The van der Waals surface area contributed by atoms with Gasteiger partial charge in [-0.2, -0.15) is 0 Å². The van der Waals surface area contributed by atoms with Gasteiger partial charge in [-0.3, -0.25) is 24.6 Å². The van der Waals surface area contributed by atoms with Crippen molar-refractivity contribution in [2.24, 2.45) is 11.8 Å². The van der Waals surface area contributed by atoms with Gasteiger partial charge >= 0.3 is 5.97 Å². The summed E-state index contributed by atoms with van der Waals surface area (Å²) < 4.78 is 35.8. The maximum atomic E-state index is 15.4. The Hall–Kier alpha value is -4.10. The van der Waals surface area contributed by atoms with E-state index >= 15 is 8.78 Å². The molecule has 4 fully saturated rings. The van der Waals surface area contributed by atoms with Crippen LogP contribution in [0.1, 0.15) is 85.6 Å². The molecule has 53 heavy (non-hydrogen) atoms. The summed E-state index contributed by atoms with van der Waals surface area (Å²) in [5.74, 6) is -1.27. The van der Waals surface area contributed by atoms with Gasteiger partial charge in [0.05, 0.1) is 16.9 Å². The van der Waals surface area contributed by atoms with Crippen LogP contribution in [0.15, 0.2) is 30.3 Å². The summed E-state index contributed by atoms with van der Waals surface area (Å²) in [5.41, 5.74) is 1.66. The Labute approximate surface area is 310 Å². The predicted octanol–water partition coefficient (Wildman–Crippen LogP) is 4.43. The SMILES string of the molecule is CC(C)(C)OC(=O)c1ccc(N2CCC(CN3CCC(CN4CCN(c5cc6c(cc5F)C(=O)N([C@H]5CCC(=O)NC5=O)C6)CC4)CC3)CC2)c(F)c1. The standard InChI is InChI=1S/C40H52F2N6O5/c1-40(2,3)53-39(52)28-4-5-33(31(41)20-28)46-14-10-27(11-15-46)23-44-12-8-26(9-13-44)24-45-16-18-47(19-17-45)35-21-29-25-48(38(51)30(29)22-32(35)42)34-6-7-36(49)43-37(34)50/h4-5,20-22,26-27,34H,6-19,23-25H2,1-3H3,(H,43,49,50)/t34-/m0/s1. The Kier molecular flexibility index (Phi) is 10.8. The van der Waals surface area contributed by atoms with E-state index in [2.05, 4.69) is 24.9 Å². The van der Waals surface area contributed by atoms with Crippen LogP contribution in [-0.4, -0.2) is 115 Å². The van der Waals surface area contributed by atoms with E-state index in [0.29, 0.717) is 41.9 Å². The Morgan fingerprint density at radius 1 is 0.774 bits per heavy atom. The molecule has 1 atom stereocenters. The molecular weight excluding hydrogens is 682 g/mol. The number of benzene rings is 2. The summed E-state index contributed by atoms with van der Waals surface area (Å²) in [5, 5.41) is 2.31. The number of imide groups is 1. The molecule has 286 valence electrons. The zero-order valence-corrected chi connectivity index (χ0v) is 31.2. The zero-order chi connectivity index (χ0) is 37.4. The number of likely N-dealkylation sites (tertiary alicyclic amines) is 1. The summed E-state index contributed by atoms with van der Waals surface area (Å²) in [7, 11) is 0. The quantitative estimate of drug-likeness (QED) is 0.312. The van der Waals surface area contributed by atoms with Gasteiger partial charge in [0.1, 0.15) is 23.3 Å². The molecule has 0 saturated carbocycles. The molecule has 0 bridgehead atoms. The summed E-state index contributed by atoms with van der Waals surface area (Å²) in [4.78, 5) is 60.2. The van der Waals surface area contributed by atoms with Gasteiger partial charge in [-0.25, -0.2) is 13.6 Å². The average molecular weight is 735 g/mol. The number of nitrogens with zero attached hydrogens (tertiary/aromatic N) is 5. The first-order valence-electron chi connectivity index (χ1n) is 19.3. The third kappa shape index (κ3) is 8.51. The highest BCUT2D eigenvalue weighted by atomic mass is 19.1. The molecule has 13 heteroatoms. The lowest BCUT2D eigenvalue weighted by atomic mass is 9.92. The van der Waals surface area contributed by atoms with E-state index in [0.717, 1.165) is 83.6 Å². The van der Waals surface area contributed by atoms with Gasteiger partial charge < -0.3 is 24.3 Å². The lowest BCUT2D eigenvalue weighted by Crippen LogP contribution is -2.52. The Bertz CT molecular complexity index is 1720. The van der Waals surface area contributed by atoms with Crippen molar-refractivity contribution >= 4 is 35.1 Å². The maximum Gasteiger partial charge on any atom is 0.338 e.